The lowest BCUT2D eigenvalue weighted by Gasteiger charge is -2.30. The number of phosphoric acid groups is 3. The van der Waals surface area contributed by atoms with Gasteiger partial charge in [-0.3, -0.25) is 32.5 Å². The van der Waals surface area contributed by atoms with Crippen LogP contribution in [0.15, 0.2) is 12.7 Å². The van der Waals surface area contributed by atoms with Gasteiger partial charge in [-0.2, -0.15) is 16.9 Å². The number of nitrogens with two attached hydrogens (primary N) is 1. The lowest BCUT2D eigenvalue weighted by atomic mass is 9.87. The van der Waals surface area contributed by atoms with E-state index in [1.165, 1.54) is 13.8 Å². The zero-order chi connectivity index (χ0) is 43.4. The minimum atomic E-state index is -5.54. The third kappa shape index (κ3) is 16.9. The lowest BCUT2D eigenvalue weighted by Crippen LogP contribution is -2.46. The second-order valence-corrected chi connectivity index (χ2v) is 17.4. The molecule has 2 aromatic heterocycles. The number of amides is 2. The Morgan fingerprint density at radius 3 is 2.26 bits per heavy atom. The van der Waals surface area contributed by atoms with Crippen LogP contribution < -0.4 is 16.4 Å². The quantitative estimate of drug-likeness (QED) is 0.0359. The first kappa shape index (κ1) is 50.6. The van der Waals surface area contributed by atoms with Gasteiger partial charge in [0.2, 0.25) is 11.8 Å². The predicted molar refractivity (Wildman–Crippen MR) is 196 cm³/mol. The van der Waals surface area contributed by atoms with Crippen LogP contribution in [0.3, 0.4) is 0 Å². The van der Waals surface area contributed by atoms with Crippen LogP contribution in [0.2, 0.25) is 0 Å². The number of fused-ring (bicyclic) bond motifs is 1. The number of nitrogens with zero attached hydrogens (tertiary/aromatic N) is 4. The summed E-state index contributed by atoms with van der Waals surface area (Å²) in [4.78, 5) is 85.1. The summed E-state index contributed by atoms with van der Waals surface area (Å²) in [6, 6.07) is 0. The molecular formula is C27H48N7O19P3S. The molecule has 0 aliphatic carbocycles. The van der Waals surface area contributed by atoms with Gasteiger partial charge in [0.1, 0.15) is 42.0 Å². The highest BCUT2D eigenvalue weighted by molar-refractivity contribution is 7.80. The van der Waals surface area contributed by atoms with Crippen molar-refractivity contribution in [2.75, 3.05) is 37.8 Å². The van der Waals surface area contributed by atoms with Crippen LogP contribution in [0, 0.1) is 5.41 Å². The molecule has 26 nitrogen and oxygen atoms in total. The van der Waals surface area contributed by atoms with Gasteiger partial charge in [0, 0.05) is 37.1 Å². The largest absolute Gasteiger partial charge is 0.481 e. The number of rotatable bonds is 22. The number of aliphatic hydroxyl groups is 4. The highest BCUT2D eigenvalue weighted by Crippen LogP contribution is 2.61. The van der Waals surface area contributed by atoms with Gasteiger partial charge in [0.15, 0.2) is 24.0 Å². The molecule has 1 saturated heterocycles. The number of phosphoric ester groups is 3. The first-order valence-corrected chi connectivity index (χ1v) is 21.9. The molecule has 1 fully saturated rings. The fourth-order valence-corrected chi connectivity index (χ4v) is 7.66. The Balaban J connectivity index is 0.00000111. The topological polar surface area (TPSA) is 404 Å². The third-order valence-electron chi connectivity index (χ3n) is 7.45. The van der Waals surface area contributed by atoms with Crippen molar-refractivity contribution in [3.05, 3.63) is 12.7 Å². The van der Waals surface area contributed by atoms with Crippen molar-refractivity contribution >= 4 is 70.7 Å². The zero-order valence-corrected chi connectivity index (χ0v) is 34.3. The van der Waals surface area contributed by atoms with Crippen molar-refractivity contribution in [1.82, 2.24) is 30.2 Å². The minimum absolute atomic E-state index is 0.0363. The summed E-state index contributed by atoms with van der Waals surface area (Å²) < 4.78 is 61.7. The maximum Gasteiger partial charge on any atom is 0.481 e. The number of imidazole rings is 1. The van der Waals surface area contributed by atoms with Crippen LogP contribution >= 0.6 is 36.1 Å². The number of anilines is 1. The summed E-state index contributed by atoms with van der Waals surface area (Å²) in [5, 5.41) is 42.7. The Labute approximate surface area is 330 Å². The van der Waals surface area contributed by atoms with Gasteiger partial charge in [0.05, 0.1) is 26.0 Å². The maximum absolute atomic E-state index is 12.6. The van der Waals surface area contributed by atoms with E-state index in [0.717, 1.165) is 23.6 Å². The van der Waals surface area contributed by atoms with Crippen molar-refractivity contribution in [1.29, 1.82) is 0 Å². The zero-order valence-electron chi connectivity index (χ0n) is 30.7. The molecule has 0 aromatic carbocycles. The van der Waals surface area contributed by atoms with Crippen molar-refractivity contribution in [3.8, 4) is 0 Å². The molecule has 3 rings (SSSR count). The predicted octanol–water partition coefficient (Wildman–Crippen LogP) is -1.61. The molecule has 1 aliphatic rings. The molecule has 2 aromatic rings. The summed E-state index contributed by atoms with van der Waals surface area (Å²) >= 11 is 3.95. The SMILES string of the molecule is CC(C)(COP(=O)(O)OP(=O)(O)OC[C@H]1O[C@@H](n2cnc3c(N)ncnc32)[C@H](O)[C@@H]1OP(=O)(O)O)C(O)C(=O)NCCC(=O)NCCS.CCCC(=O)CC(O)O. The Kier molecular flexibility index (Phi) is 19.7. The van der Waals surface area contributed by atoms with Crippen LogP contribution in [-0.4, -0.2) is 140 Å². The molecule has 3 unspecified atom stereocenters. The number of ether oxygens (including phenoxy) is 1. The number of nitrogen functional groups attached to an aromatic ring is 1. The highest BCUT2D eigenvalue weighted by atomic mass is 32.1. The number of carbonyl (C=O) groups excluding carboxylic acids is 3. The average molecular weight is 900 g/mol. The first-order chi connectivity index (χ1) is 26.3. The van der Waals surface area contributed by atoms with Gasteiger partial charge in [-0.15, -0.1) is 0 Å². The second-order valence-electron chi connectivity index (χ2n) is 12.8. The lowest BCUT2D eigenvalue weighted by molar-refractivity contribution is -0.137. The monoisotopic (exact) mass is 899 g/mol. The number of aliphatic hydroxyl groups excluding tert-OH is 3. The molecule has 326 valence electrons. The fourth-order valence-electron chi connectivity index (χ4n) is 4.72. The molecule has 0 saturated carbocycles. The van der Waals surface area contributed by atoms with Crippen LogP contribution in [0.1, 0.15) is 52.7 Å². The van der Waals surface area contributed by atoms with E-state index in [2.05, 4.69) is 47.0 Å². The van der Waals surface area contributed by atoms with Crippen molar-refractivity contribution in [2.24, 2.45) is 5.41 Å². The molecule has 0 spiro atoms. The van der Waals surface area contributed by atoms with Gasteiger partial charge in [-0.1, -0.05) is 20.8 Å². The minimum Gasteiger partial charge on any atom is -0.386 e. The number of carbonyl (C=O) groups is 3. The number of ketones is 1. The Morgan fingerprint density at radius 1 is 1.02 bits per heavy atom. The van der Waals surface area contributed by atoms with Crippen LogP contribution in [-0.2, 0) is 50.7 Å². The van der Waals surface area contributed by atoms with E-state index >= 15 is 0 Å². The van der Waals surface area contributed by atoms with Crippen molar-refractivity contribution in [3.63, 3.8) is 0 Å². The standard InChI is InChI=1S/C21H36N7O16P3S.C6H12O3/c1-21(2,16(31)19(32)24-4-3-12(29)23-5-6-48)8-41-47(38,39)44-46(36,37)40-7-11-15(43-45(33,34)35)14(30)20(42-11)28-10-27-13-17(22)25-9-26-18(13)28;1-2-3-5(7)4-6(8)9/h9-11,14-16,20,30-31,48H,3-8H2,1-2H3,(H,23,29)(H,24,32)(H,36,37)(H,38,39)(H2,22,25,26)(H2,33,34,35);6,8-9H,2-4H2,1H3/t11-,14-,15-,16?,20-;/m1./s1. The number of Topliss-reactive ketones (excluding diaryl/α,β-unsaturated/α-hetero) is 1. The van der Waals surface area contributed by atoms with E-state index in [9.17, 15) is 57.9 Å². The van der Waals surface area contributed by atoms with Gasteiger partial charge in [-0.25, -0.2) is 28.6 Å². The number of thiol groups is 1. The van der Waals surface area contributed by atoms with E-state index in [1.807, 2.05) is 6.92 Å². The molecule has 30 heteroatoms. The van der Waals surface area contributed by atoms with Crippen molar-refractivity contribution < 1.29 is 90.7 Å². The number of aromatic nitrogens is 4. The van der Waals surface area contributed by atoms with E-state index in [4.69, 9.17) is 29.7 Å². The van der Waals surface area contributed by atoms with E-state index in [0.29, 0.717) is 18.7 Å². The van der Waals surface area contributed by atoms with Crippen LogP contribution in [0.5, 0.6) is 0 Å². The smallest absolute Gasteiger partial charge is 0.386 e. The molecule has 2 amide bonds. The molecular weight excluding hydrogens is 851 g/mol. The summed E-state index contributed by atoms with van der Waals surface area (Å²) in [5.41, 5.74) is 4.30. The van der Waals surface area contributed by atoms with Gasteiger partial charge in [0.25, 0.3) is 0 Å². The number of nitrogens with one attached hydrogen (secondary N) is 2. The molecule has 1 aliphatic heterocycles. The van der Waals surface area contributed by atoms with E-state index in [-0.39, 0.29) is 48.1 Å². The number of hydrogen-bond donors (Lipinski definition) is 12. The average Bonchev–Trinajstić information content (AvgIpc) is 3.65. The van der Waals surface area contributed by atoms with Crippen LogP contribution in [0.25, 0.3) is 11.2 Å². The number of hydrogen-bond acceptors (Lipinski definition) is 20. The Bertz CT molecular complexity index is 1800. The van der Waals surface area contributed by atoms with Gasteiger partial charge in [-0.05, 0) is 6.42 Å². The Morgan fingerprint density at radius 2 is 1.67 bits per heavy atom. The maximum atomic E-state index is 12.6. The van der Waals surface area contributed by atoms with E-state index in [1.54, 1.807) is 0 Å². The molecule has 0 radical (unpaired) electrons. The summed E-state index contributed by atoms with van der Waals surface area (Å²) in [6.45, 7) is 2.60. The molecule has 57 heavy (non-hydrogen) atoms. The molecule has 3 heterocycles. The summed E-state index contributed by atoms with van der Waals surface area (Å²) in [6.07, 6.45) is -7.13. The van der Waals surface area contributed by atoms with Crippen molar-refractivity contribution in [2.45, 2.75) is 83.4 Å². The summed E-state index contributed by atoms with van der Waals surface area (Å²) in [5.74, 6) is -1.03. The third-order valence-corrected chi connectivity index (χ3v) is 10.8. The molecule has 7 atom stereocenters. The highest BCUT2D eigenvalue weighted by Gasteiger charge is 2.50. The van der Waals surface area contributed by atoms with E-state index < -0.39 is 84.9 Å². The second kappa shape index (κ2) is 22.2. The first-order valence-electron chi connectivity index (χ1n) is 16.7. The fraction of sp³-hybridized carbons (Fsp3) is 0.704. The van der Waals surface area contributed by atoms with Crippen LogP contribution in [0.4, 0.5) is 5.82 Å². The van der Waals surface area contributed by atoms with Gasteiger partial charge < -0.3 is 61.1 Å². The Hall–Kier alpha value is -2.52. The van der Waals surface area contributed by atoms with Gasteiger partial charge >= 0.3 is 23.5 Å². The summed E-state index contributed by atoms with van der Waals surface area (Å²) in [7, 11) is -16.3. The normalized spacial score (nSPS) is 21.3. The molecule has 12 N–H and O–H groups in total. The molecule has 0 bridgehead atoms.